The lowest BCUT2D eigenvalue weighted by molar-refractivity contribution is -0.139. The lowest BCUT2D eigenvalue weighted by atomic mass is 10.1. The minimum Gasteiger partial charge on any atom is -0.480 e. The second kappa shape index (κ2) is 5.46. The van der Waals surface area contributed by atoms with Crippen LogP contribution >= 0.6 is 0 Å². The second-order valence-electron chi connectivity index (χ2n) is 3.74. The number of rotatable bonds is 5. The van der Waals surface area contributed by atoms with Gasteiger partial charge in [0.2, 0.25) is 0 Å². The molecule has 1 rings (SSSR count). The Morgan fingerprint density at radius 2 is 2.27 bits per heavy atom. The molecule has 1 heterocycles. The molecule has 1 aromatic heterocycles. The maximum Gasteiger partial charge on any atom is 0.321 e. The summed E-state index contributed by atoms with van der Waals surface area (Å²) in [5, 5.41) is 12.0. The Kier molecular flexibility index (Phi) is 4.24. The summed E-state index contributed by atoms with van der Waals surface area (Å²) in [6.45, 7) is 3.85. The van der Waals surface area contributed by atoms with Gasteiger partial charge >= 0.3 is 5.97 Å². The number of hydrogen-bond acceptors (Lipinski definition) is 3. The van der Waals surface area contributed by atoms with Crippen molar-refractivity contribution >= 4 is 5.97 Å². The molecule has 0 fully saturated rings. The summed E-state index contributed by atoms with van der Waals surface area (Å²) >= 11 is 0. The van der Waals surface area contributed by atoms with Crippen LogP contribution in [-0.4, -0.2) is 28.1 Å². The standard InChI is InChI=1S/C11H16N2O2/c1-8(2)13-10(11(14)15)7-9-5-3-4-6-12-9/h3-6,8,10,13H,7H2,1-2H3,(H,14,15). The molecule has 0 aliphatic heterocycles. The Morgan fingerprint density at radius 1 is 1.53 bits per heavy atom. The molecule has 1 atom stereocenters. The van der Waals surface area contributed by atoms with E-state index in [4.69, 9.17) is 5.11 Å². The van der Waals surface area contributed by atoms with Gasteiger partial charge in [-0.05, 0) is 12.1 Å². The monoisotopic (exact) mass is 208 g/mol. The lowest BCUT2D eigenvalue weighted by Crippen LogP contribution is -2.42. The van der Waals surface area contributed by atoms with Crippen molar-refractivity contribution in [3.8, 4) is 0 Å². The number of hydrogen-bond donors (Lipinski definition) is 2. The van der Waals surface area contributed by atoms with Crippen molar-refractivity contribution in [2.45, 2.75) is 32.4 Å². The third kappa shape index (κ3) is 4.08. The van der Waals surface area contributed by atoms with Crippen molar-refractivity contribution in [3.05, 3.63) is 30.1 Å². The number of carboxylic acids is 1. The van der Waals surface area contributed by atoms with Gasteiger partial charge in [0.05, 0.1) is 0 Å². The third-order valence-corrected chi connectivity index (χ3v) is 1.97. The summed E-state index contributed by atoms with van der Waals surface area (Å²) < 4.78 is 0. The quantitative estimate of drug-likeness (QED) is 0.760. The molecule has 82 valence electrons. The van der Waals surface area contributed by atoms with Crippen LogP contribution in [0.5, 0.6) is 0 Å². The number of carboxylic acid groups (broad SMARTS) is 1. The van der Waals surface area contributed by atoms with Crippen molar-refractivity contribution in [1.82, 2.24) is 10.3 Å². The SMILES string of the molecule is CC(C)NC(Cc1ccccn1)C(=O)O. The highest BCUT2D eigenvalue weighted by Crippen LogP contribution is 2.00. The molecule has 0 radical (unpaired) electrons. The zero-order valence-electron chi connectivity index (χ0n) is 8.97. The first-order chi connectivity index (χ1) is 7.09. The minimum atomic E-state index is -0.839. The van der Waals surface area contributed by atoms with Crippen molar-refractivity contribution in [2.75, 3.05) is 0 Å². The summed E-state index contributed by atoms with van der Waals surface area (Å²) in [5.41, 5.74) is 0.790. The van der Waals surface area contributed by atoms with Crippen LogP contribution < -0.4 is 5.32 Å². The Hall–Kier alpha value is -1.42. The number of nitrogens with zero attached hydrogens (tertiary/aromatic N) is 1. The summed E-state index contributed by atoms with van der Waals surface area (Å²) in [6, 6.07) is 5.08. The molecule has 15 heavy (non-hydrogen) atoms. The summed E-state index contributed by atoms with van der Waals surface area (Å²) in [4.78, 5) is 15.1. The molecule has 0 amide bonds. The molecule has 2 N–H and O–H groups in total. The first-order valence-electron chi connectivity index (χ1n) is 4.98. The van der Waals surface area contributed by atoms with Gasteiger partial charge in [-0.15, -0.1) is 0 Å². The maximum atomic E-state index is 10.9. The van der Waals surface area contributed by atoms with E-state index in [2.05, 4.69) is 10.3 Å². The van der Waals surface area contributed by atoms with Crippen molar-refractivity contribution in [2.24, 2.45) is 0 Å². The van der Waals surface area contributed by atoms with Crippen molar-refractivity contribution in [3.63, 3.8) is 0 Å². The number of pyridine rings is 1. The van der Waals surface area contributed by atoms with Crippen molar-refractivity contribution < 1.29 is 9.90 Å². The van der Waals surface area contributed by atoms with E-state index in [-0.39, 0.29) is 6.04 Å². The van der Waals surface area contributed by atoms with Gasteiger partial charge in [-0.2, -0.15) is 0 Å². The first-order valence-corrected chi connectivity index (χ1v) is 4.98. The molecule has 0 aliphatic carbocycles. The molecular weight excluding hydrogens is 192 g/mol. The van der Waals surface area contributed by atoms with Gasteiger partial charge < -0.3 is 10.4 Å². The van der Waals surface area contributed by atoms with Crippen molar-refractivity contribution in [1.29, 1.82) is 0 Å². The van der Waals surface area contributed by atoms with Crippen LogP contribution in [0.1, 0.15) is 19.5 Å². The van der Waals surface area contributed by atoms with Crippen LogP contribution in [0, 0.1) is 0 Å². The van der Waals surface area contributed by atoms with Gasteiger partial charge in [-0.1, -0.05) is 19.9 Å². The van der Waals surface area contributed by atoms with E-state index in [1.54, 1.807) is 6.20 Å². The zero-order valence-corrected chi connectivity index (χ0v) is 8.97. The average Bonchev–Trinajstić information content (AvgIpc) is 2.17. The molecule has 0 saturated heterocycles. The highest BCUT2D eigenvalue weighted by molar-refractivity contribution is 5.73. The van der Waals surface area contributed by atoms with Gasteiger partial charge in [-0.3, -0.25) is 9.78 Å². The zero-order chi connectivity index (χ0) is 11.3. The third-order valence-electron chi connectivity index (χ3n) is 1.97. The van der Waals surface area contributed by atoms with Gasteiger partial charge in [0.25, 0.3) is 0 Å². The first kappa shape index (κ1) is 11.7. The van der Waals surface area contributed by atoms with E-state index in [0.29, 0.717) is 6.42 Å². The number of aliphatic carboxylic acids is 1. The van der Waals surface area contributed by atoms with Gasteiger partial charge in [0, 0.05) is 24.4 Å². The van der Waals surface area contributed by atoms with Gasteiger partial charge in [0.1, 0.15) is 6.04 Å². The Labute approximate surface area is 89.3 Å². The average molecular weight is 208 g/mol. The number of carbonyl (C=O) groups is 1. The van der Waals surface area contributed by atoms with Crippen LogP contribution in [0.4, 0.5) is 0 Å². The van der Waals surface area contributed by atoms with E-state index in [9.17, 15) is 4.79 Å². The summed E-state index contributed by atoms with van der Waals surface area (Å²) in [7, 11) is 0. The maximum absolute atomic E-state index is 10.9. The van der Waals surface area contributed by atoms with E-state index in [0.717, 1.165) is 5.69 Å². The molecule has 0 spiro atoms. The molecule has 4 heteroatoms. The summed E-state index contributed by atoms with van der Waals surface area (Å²) in [5.74, 6) is -0.839. The van der Waals surface area contributed by atoms with Crippen LogP contribution in [0.3, 0.4) is 0 Å². The number of nitrogens with one attached hydrogen (secondary N) is 1. The Morgan fingerprint density at radius 3 is 2.73 bits per heavy atom. The summed E-state index contributed by atoms with van der Waals surface area (Å²) in [6.07, 6.45) is 2.08. The normalized spacial score (nSPS) is 12.7. The second-order valence-corrected chi connectivity index (χ2v) is 3.74. The van der Waals surface area contributed by atoms with Gasteiger partial charge in [0.15, 0.2) is 0 Å². The predicted octanol–water partition coefficient (Wildman–Crippen LogP) is 1.08. The van der Waals surface area contributed by atoms with Crippen LogP contribution in [0.25, 0.3) is 0 Å². The highest BCUT2D eigenvalue weighted by Gasteiger charge is 2.18. The fraction of sp³-hybridized carbons (Fsp3) is 0.455. The van der Waals surface area contributed by atoms with E-state index in [1.165, 1.54) is 0 Å². The smallest absolute Gasteiger partial charge is 0.321 e. The lowest BCUT2D eigenvalue weighted by Gasteiger charge is -2.16. The molecular formula is C11H16N2O2. The largest absolute Gasteiger partial charge is 0.480 e. The van der Waals surface area contributed by atoms with E-state index in [1.807, 2.05) is 32.0 Å². The fourth-order valence-electron chi connectivity index (χ4n) is 1.35. The highest BCUT2D eigenvalue weighted by atomic mass is 16.4. The molecule has 4 nitrogen and oxygen atoms in total. The Balaban J connectivity index is 2.63. The van der Waals surface area contributed by atoms with Crippen LogP contribution in [0.2, 0.25) is 0 Å². The molecule has 0 aliphatic rings. The predicted molar refractivity (Wildman–Crippen MR) is 57.6 cm³/mol. The molecule has 0 aromatic carbocycles. The molecule has 0 saturated carbocycles. The van der Waals surface area contributed by atoms with E-state index >= 15 is 0 Å². The molecule has 0 bridgehead atoms. The van der Waals surface area contributed by atoms with Gasteiger partial charge in [-0.25, -0.2) is 0 Å². The minimum absolute atomic E-state index is 0.148. The molecule has 1 aromatic rings. The fourth-order valence-corrected chi connectivity index (χ4v) is 1.35. The number of aromatic nitrogens is 1. The van der Waals surface area contributed by atoms with Crippen LogP contribution in [0.15, 0.2) is 24.4 Å². The topological polar surface area (TPSA) is 62.2 Å². The van der Waals surface area contributed by atoms with E-state index < -0.39 is 12.0 Å². The van der Waals surface area contributed by atoms with Crippen LogP contribution in [-0.2, 0) is 11.2 Å². The Bertz CT molecular complexity index is 312. The molecule has 1 unspecified atom stereocenters.